The van der Waals surface area contributed by atoms with Gasteiger partial charge in [-0.15, -0.1) is 0 Å². The van der Waals surface area contributed by atoms with Gasteiger partial charge in [-0.1, -0.05) is 11.2 Å². The second-order valence-electron chi connectivity index (χ2n) is 2.49. The van der Waals surface area contributed by atoms with Crippen molar-refractivity contribution in [3.63, 3.8) is 0 Å². The number of aromatic nitrogens is 1. The summed E-state index contributed by atoms with van der Waals surface area (Å²) >= 11 is 0. The van der Waals surface area contributed by atoms with Crippen molar-refractivity contribution in [3.8, 4) is 0 Å². The average molecular weight is 194 g/mol. The maximum Gasteiger partial charge on any atom is 0.248 e. The van der Waals surface area contributed by atoms with Crippen molar-refractivity contribution < 1.29 is 10.0 Å². The molecule has 1 rings (SSSR count). The van der Waals surface area contributed by atoms with Gasteiger partial charge in [-0.2, -0.15) is 0 Å². The molecule has 0 aliphatic carbocycles. The Bertz CT molecular complexity index is 325. The Kier molecular flexibility index (Phi) is 3.57. The number of nitrogens with two attached hydrogens (primary N) is 1. The molecule has 1 atom stereocenters. The number of hydrogen-bond acceptors (Lipinski definition) is 5. The van der Waals surface area contributed by atoms with E-state index < -0.39 is 11.9 Å². The lowest BCUT2D eigenvalue weighted by molar-refractivity contribution is -0.116. The van der Waals surface area contributed by atoms with Gasteiger partial charge in [0, 0.05) is 6.20 Å². The molecule has 0 aliphatic heterocycles. The Morgan fingerprint density at radius 3 is 3.07 bits per heavy atom. The highest BCUT2D eigenvalue weighted by Gasteiger charge is 2.10. The third kappa shape index (κ3) is 2.83. The quantitative estimate of drug-likeness (QED) is 0.352. The van der Waals surface area contributed by atoms with Crippen molar-refractivity contribution in [1.29, 1.82) is 0 Å². The standard InChI is InChI=1S/C8H10N4O2/c9-6(5-11-14)8(13)12-7-3-1-2-4-10-7/h1-6,14H,9H2,(H,10,12,13)/b11-5-. The van der Waals surface area contributed by atoms with Gasteiger partial charge in [0.1, 0.15) is 11.9 Å². The molecular weight excluding hydrogens is 184 g/mol. The molecule has 0 saturated carbocycles. The van der Waals surface area contributed by atoms with Gasteiger partial charge in [0.25, 0.3) is 0 Å². The molecule has 0 radical (unpaired) electrons. The minimum Gasteiger partial charge on any atom is -0.411 e. The smallest absolute Gasteiger partial charge is 0.248 e. The highest BCUT2D eigenvalue weighted by molar-refractivity contribution is 6.04. The van der Waals surface area contributed by atoms with Gasteiger partial charge in [0.15, 0.2) is 0 Å². The van der Waals surface area contributed by atoms with Crippen LogP contribution in [-0.2, 0) is 4.79 Å². The zero-order valence-electron chi connectivity index (χ0n) is 7.29. The SMILES string of the molecule is NC(/C=N\O)C(=O)Nc1ccccn1. The van der Waals surface area contributed by atoms with Gasteiger partial charge >= 0.3 is 0 Å². The van der Waals surface area contributed by atoms with Crippen LogP contribution in [0.3, 0.4) is 0 Å². The number of carbonyl (C=O) groups is 1. The maximum atomic E-state index is 11.2. The normalized spacial score (nSPS) is 12.6. The lowest BCUT2D eigenvalue weighted by atomic mass is 10.3. The highest BCUT2D eigenvalue weighted by Crippen LogP contribution is 1.99. The third-order valence-electron chi connectivity index (χ3n) is 1.45. The van der Waals surface area contributed by atoms with E-state index in [1.807, 2.05) is 0 Å². The fourth-order valence-electron chi connectivity index (χ4n) is 0.786. The number of anilines is 1. The molecule has 0 bridgehead atoms. The summed E-state index contributed by atoms with van der Waals surface area (Å²) in [6.45, 7) is 0. The summed E-state index contributed by atoms with van der Waals surface area (Å²) in [5, 5.41) is 13.3. The molecular formula is C8H10N4O2. The van der Waals surface area contributed by atoms with E-state index in [4.69, 9.17) is 10.9 Å². The van der Waals surface area contributed by atoms with Crippen LogP contribution in [0, 0.1) is 0 Å². The van der Waals surface area contributed by atoms with E-state index in [9.17, 15) is 4.79 Å². The largest absolute Gasteiger partial charge is 0.411 e. The van der Waals surface area contributed by atoms with Crippen LogP contribution in [-0.4, -0.2) is 28.4 Å². The molecule has 0 saturated heterocycles. The van der Waals surface area contributed by atoms with Crippen molar-refractivity contribution in [3.05, 3.63) is 24.4 Å². The molecule has 1 aromatic heterocycles. The first kappa shape index (κ1) is 10.1. The maximum absolute atomic E-state index is 11.2. The van der Waals surface area contributed by atoms with E-state index in [-0.39, 0.29) is 0 Å². The molecule has 0 aromatic carbocycles. The van der Waals surface area contributed by atoms with Gasteiger partial charge in [-0.05, 0) is 12.1 Å². The van der Waals surface area contributed by atoms with E-state index in [1.165, 1.54) is 0 Å². The van der Waals surface area contributed by atoms with Gasteiger partial charge < -0.3 is 16.3 Å². The lowest BCUT2D eigenvalue weighted by Gasteiger charge is -2.05. The molecule has 6 heteroatoms. The number of pyridine rings is 1. The Morgan fingerprint density at radius 1 is 1.71 bits per heavy atom. The summed E-state index contributed by atoms with van der Waals surface area (Å²) in [6, 6.07) is 4.10. The molecule has 0 spiro atoms. The van der Waals surface area contributed by atoms with Crippen molar-refractivity contribution in [2.45, 2.75) is 6.04 Å². The predicted molar refractivity (Wildman–Crippen MR) is 51.1 cm³/mol. The van der Waals surface area contributed by atoms with Crippen LogP contribution in [0.1, 0.15) is 0 Å². The Morgan fingerprint density at radius 2 is 2.50 bits per heavy atom. The highest BCUT2D eigenvalue weighted by atomic mass is 16.4. The monoisotopic (exact) mass is 194 g/mol. The molecule has 1 unspecified atom stereocenters. The van der Waals surface area contributed by atoms with E-state index in [0.29, 0.717) is 5.82 Å². The van der Waals surface area contributed by atoms with Crippen molar-refractivity contribution in [2.75, 3.05) is 5.32 Å². The number of nitrogens with one attached hydrogen (secondary N) is 1. The fraction of sp³-hybridized carbons (Fsp3) is 0.125. The summed E-state index contributed by atoms with van der Waals surface area (Å²) in [5.41, 5.74) is 5.33. The third-order valence-corrected chi connectivity index (χ3v) is 1.45. The van der Waals surface area contributed by atoms with E-state index >= 15 is 0 Å². The van der Waals surface area contributed by atoms with Gasteiger partial charge in [-0.25, -0.2) is 4.98 Å². The number of rotatable bonds is 3. The summed E-state index contributed by atoms with van der Waals surface area (Å²) in [7, 11) is 0. The fourth-order valence-corrected chi connectivity index (χ4v) is 0.786. The van der Waals surface area contributed by atoms with E-state index in [2.05, 4.69) is 15.5 Å². The molecule has 74 valence electrons. The summed E-state index contributed by atoms with van der Waals surface area (Å²) in [4.78, 5) is 15.1. The molecule has 1 amide bonds. The van der Waals surface area contributed by atoms with E-state index in [0.717, 1.165) is 6.21 Å². The Balaban J connectivity index is 2.57. The average Bonchev–Trinajstić information content (AvgIpc) is 2.19. The van der Waals surface area contributed by atoms with Gasteiger partial charge in [-0.3, -0.25) is 4.79 Å². The van der Waals surface area contributed by atoms with Crippen LogP contribution in [0.15, 0.2) is 29.6 Å². The zero-order chi connectivity index (χ0) is 10.4. The first-order chi connectivity index (χ1) is 6.74. The molecule has 6 nitrogen and oxygen atoms in total. The van der Waals surface area contributed by atoms with Crippen LogP contribution in [0.4, 0.5) is 5.82 Å². The molecule has 1 heterocycles. The summed E-state index contributed by atoms with van der Waals surface area (Å²) in [6.07, 6.45) is 2.47. The first-order valence-electron chi connectivity index (χ1n) is 3.89. The van der Waals surface area contributed by atoms with E-state index in [1.54, 1.807) is 24.4 Å². The van der Waals surface area contributed by atoms with Crippen molar-refractivity contribution >= 4 is 17.9 Å². The van der Waals surface area contributed by atoms with Crippen molar-refractivity contribution in [1.82, 2.24) is 4.98 Å². The molecule has 0 fully saturated rings. The topological polar surface area (TPSA) is 101 Å². The predicted octanol–water partition coefficient (Wildman–Crippen LogP) is -0.193. The second-order valence-corrected chi connectivity index (χ2v) is 2.49. The molecule has 14 heavy (non-hydrogen) atoms. The van der Waals surface area contributed by atoms with Gasteiger partial charge in [0.2, 0.25) is 5.91 Å². The summed E-state index contributed by atoms with van der Waals surface area (Å²) < 4.78 is 0. The number of hydrogen-bond donors (Lipinski definition) is 3. The second kappa shape index (κ2) is 4.93. The van der Waals surface area contributed by atoms with Crippen LogP contribution in [0.5, 0.6) is 0 Å². The van der Waals surface area contributed by atoms with Crippen LogP contribution in [0.25, 0.3) is 0 Å². The minimum atomic E-state index is -0.984. The molecule has 1 aromatic rings. The van der Waals surface area contributed by atoms with Crippen LogP contribution in [0.2, 0.25) is 0 Å². The van der Waals surface area contributed by atoms with Crippen LogP contribution < -0.4 is 11.1 Å². The first-order valence-corrected chi connectivity index (χ1v) is 3.89. The summed E-state index contributed by atoms with van der Waals surface area (Å²) in [5.74, 6) is -0.0826. The van der Waals surface area contributed by atoms with Gasteiger partial charge in [0.05, 0.1) is 6.21 Å². The van der Waals surface area contributed by atoms with Crippen molar-refractivity contribution in [2.24, 2.45) is 10.9 Å². The zero-order valence-corrected chi connectivity index (χ0v) is 7.29. The Hall–Kier alpha value is -1.95. The number of carbonyl (C=O) groups excluding carboxylic acids is 1. The number of amides is 1. The van der Waals surface area contributed by atoms with Crippen LogP contribution >= 0.6 is 0 Å². The molecule has 4 N–H and O–H groups in total. The Labute approximate surface area is 80.4 Å². The number of nitrogens with zero attached hydrogens (tertiary/aromatic N) is 2. The molecule has 0 aliphatic rings. The lowest BCUT2D eigenvalue weighted by Crippen LogP contribution is -2.37. The minimum absolute atomic E-state index is 0.402. The number of oxime groups is 1.